The minimum atomic E-state index is 0.0684. The van der Waals surface area contributed by atoms with E-state index >= 15 is 0 Å². The number of rotatable bonds is 5. The van der Waals surface area contributed by atoms with Crippen LogP contribution in [0.5, 0.6) is 0 Å². The molecule has 20 heavy (non-hydrogen) atoms. The van der Waals surface area contributed by atoms with Crippen LogP contribution in [0.4, 0.5) is 0 Å². The molecule has 0 radical (unpaired) electrons. The van der Waals surface area contributed by atoms with E-state index in [1.807, 2.05) is 14.0 Å². The first kappa shape index (κ1) is 14.2. The Morgan fingerprint density at radius 2 is 2.05 bits per heavy atom. The highest BCUT2D eigenvalue weighted by Crippen LogP contribution is 2.19. The second-order valence-corrected chi connectivity index (χ2v) is 5.00. The summed E-state index contributed by atoms with van der Waals surface area (Å²) >= 11 is 0. The lowest BCUT2D eigenvalue weighted by Gasteiger charge is -2.25. The fourth-order valence-corrected chi connectivity index (χ4v) is 2.02. The van der Waals surface area contributed by atoms with Crippen molar-refractivity contribution in [3.05, 3.63) is 48.0 Å². The molecule has 1 amide bonds. The zero-order valence-corrected chi connectivity index (χ0v) is 12.2. The van der Waals surface area contributed by atoms with Gasteiger partial charge in [-0.15, -0.1) is 0 Å². The predicted molar refractivity (Wildman–Crippen MR) is 77.0 cm³/mol. The summed E-state index contributed by atoms with van der Waals surface area (Å²) in [5.41, 5.74) is 2.37. The van der Waals surface area contributed by atoms with E-state index in [4.69, 9.17) is 0 Å². The maximum Gasteiger partial charge on any atom is 0.224 e. The molecular weight excluding hydrogens is 252 g/mol. The van der Waals surface area contributed by atoms with Crippen LogP contribution in [-0.2, 0) is 11.3 Å². The van der Waals surface area contributed by atoms with Gasteiger partial charge in [0.1, 0.15) is 12.7 Å². The third-order valence-corrected chi connectivity index (χ3v) is 3.56. The normalized spacial score (nSPS) is 12.2. The van der Waals surface area contributed by atoms with E-state index in [0.717, 1.165) is 5.56 Å². The monoisotopic (exact) mass is 272 g/mol. The summed E-state index contributed by atoms with van der Waals surface area (Å²) in [5, 5.41) is 4.00. The second kappa shape index (κ2) is 6.32. The van der Waals surface area contributed by atoms with Crippen LogP contribution < -0.4 is 0 Å². The fraction of sp³-hybridized carbons (Fsp3) is 0.400. The summed E-state index contributed by atoms with van der Waals surface area (Å²) in [5.74, 6) is 0.105. The van der Waals surface area contributed by atoms with Crippen LogP contribution in [0.1, 0.15) is 30.5 Å². The van der Waals surface area contributed by atoms with Crippen LogP contribution in [0.3, 0.4) is 0 Å². The van der Waals surface area contributed by atoms with E-state index in [1.54, 1.807) is 15.9 Å². The van der Waals surface area contributed by atoms with Gasteiger partial charge in [-0.05, 0) is 19.4 Å². The number of aromatic nitrogens is 3. The van der Waals surface area contributed by atoms with Crippen molar-refractivity contribution in [2.75, 3.05) is 7.05 Å². The average molecular weight is 272 g/mol. The first-order valence-electron chi connectivity index (χ1n) is 6.72. The smallest absolute Gasteiger partial charge is 0.224 e. The Bertz CT molecular complexity index is 548. The highest BCUT2D eigenvalue weighted by Gasteiger charge is 2.17. The predicted octanol–water partition coefficient (Wildman–Crippen LogP) is 2.20. The Kier molecular flexibility index (Phi) is 4.50. The van der Waals surface area contributed by atoms with Gasteiger partial charge >= 0.3 is 0 Å². The number of amides is 1. The van der Waals surface area contributed by atoms with Crippen molar-refractivity contribution in [3.8, 4) is 0 Å². The van der Waals surface area contributed by atoms with Crippen molar-refractivity contribution in [3.63, 3.8) is 0 Å². The number of carbonyl (C=O) groups excluding carboxylic acids is 1. The van der Waals surface area contributed by atoms with Gasteiger partial charge in [0, 0.05) is 13.5 Å². The Labute approximate surface area is 119 Å². The van der Waals surface area contributed by atoms with Gasteiger partial charge in [0.25, 0.3) is 0 Å². The lowest BCUT2D eigenvalue weighted by atomic mass is 10.1. The maximum absolute atomic E-state index is 12.2. The number of nitrogens with zero attached hydrogens (tertiary/aromatic N) is 4. The third kappa shape index (κ3) is 3.44. The number of carbonyl (C=O) groups is 1. The third-order valence-electron chi connectivity index (χ3n) is 3.56. The molecule has 1 unspecified atom stereocenters. The molecule has 2 rings (SSSR count). The molecule has 1 aromatic carbocycles. The molecule has 0 N–H and O–H groups in total. The van der Waals surface area contributed by atoms with Crippen LogP contribution in [0.25, 0.3) is 0 Å². The molecule has 0 fully saturated rings. The van der Waals surface area contributed by atoms with Crippen LogP contribution in [-0.4, -0.2) is 32.6 Å². The Hall–Kier alpha value is -2.17. The van der Waals surface area contributed by atoms with Gasteiger partial charge in [-0.1, -0.05) is 29.8 Å². The standard InChI is InChI=1S/C15H20N4O/c1-12-4-6-14(7-5-12)13(2)18(3)15(20)8-9-19-11-16-10-17-19/h4-7,10-11,13H,8-9H2,1-3H3. The molecule has 0 aliphatic heterocycles. The maximum atomic E-state index is 12.2. The number of benzene rings is 1. The van der Waals surface area contributed by atoms with Gasteiger partial charge < -0.3 is 4.90 Å². The minimum absolute atomic E-state index is 0.0684. The Balaban J connectivity index is 1.93. The van der Waals surface area contributed by atoms with Gasteiger partial charge in [0.05, 0.1) is 12.6 Å². The van der Waals surface area contributed by atoms with Gasteiger partial charge in [-0.25, -0.2) is 4.98 Å². The molecule has 0 saturated heterocycles. The first-order chi connectivity index (χ1) is 9.58. The summed E-state index contributed by atoms with van der Waals surface area (Å²) in [7, 11) is 1.84. The zero-order chi connectivity index (χ0) is 14.5. The van der Waals surface area contributed by atoms with E-state index in [1.165, 1.54) is 11.9 Å². The molecule has 2 aromatic rings. The Morgan fingerprint density at radius 1 is 1.35 bits per heavy atom. The van der Waals surface area contributed by atoms with Gasteiger partial charge in [-0.2, -0.15) is 5.10 Å². The molecule has 0 saturated carbocycles. The minimum Gasteiger partial charge on any atom is -0.339 e. The van der Waals surface area contributed by atoms with Crippen LogP contribution in [0, 0.1) is 6.92 Å². The van der Waals surface area contributed by atoms with Crippen molar-refractivity contribution in [2.45, 2.75) is 32.9 Å². The average Bonchev–Trinajstić information content (AvgIpc) is 2.97. The van der Waals surface area contributed by atoms with Gasteiger partial charge in [0.15, 0.2) is 0 Å². The van der Waals surface area contributed by atoms with Crippen molar-refractivity contribution in [1.29, 1.82) is 0 Å². The summed E-state index contributed by atoms with van der Waals surface area (Å²) < 4.78 is 1.67. The van der Waals surface area contributed by atoms with E-state index < -0.39 is 0 Å². The van der Waals surface area contributed by atoms with Crippen LogP contribution >= 0.6 is 0 Å². The summed E-state index contributed by atoms with van der Waals surface area (Å²) in [4.78, 5) is 17.8. The van der Waals surface area contributed by atoms with Gasteiger partial charge in [0.2, 0.25) is 5.91 Å². The molecule has 0 aliphatic carbocycles. The number of hydrogen-bond donors (Lipinski definition) is 0. The Morgan fingerprint density at radius 3 is 2.65 bits per heavy atom. The van der Waals surface area contributed by atoms with Crippen molar-refractivity contribution in [1.82, 2.24) is 19.7 Å². The molecule has 5 heteroatoms. The molecule has 0 bridgehead atoms. The van der Waals surface area contributed by atoms with E-state index in [9.17, 15) is 4.79 Å². The molecule has 1 atom stereocenters. The van der Waals surface area contributed by atoms with E-state index in [-0.39, 0.29) is 11.9 Å². The first-order valence-corrected chi connectivity index (χ1v) is 6.72. The lowest BCUT2D eigenvalue weighted by Crippen LogP contribution is -2.30. The summed E-state index contributed by atoms with van der Waals surface area (Å²) in [6.07, 6.45) is 3.52. The largest absolute Gasteiger partial charge is 0.339 e. The van der Waals surface area contributed by atoms with Gasteiger partial charge in [-0.3, -0.25) is 9.48 Å². The lowest BCUT2D eigenvalue weighted by molar-refractivity contribution is -0.132. The van der Waals surface area contributed by atoms with Crippen LogP contribution in [0.2, 0.25) is 0 Å². The molecule has 106 valence electrons. The fourth-order valence-electron chi connectivity index (χ4n) is 2.02. The highest BCUT2D eigenvalue weighted by atomic mass is 16.2. The molecule has 1 aromatic heterocycles. The molecule has 1 heterocycles. The SMILES string of the molecule is Cc1ccc(C(C)N(C)C(=O)CCn2cncn2)cc1. The van der Waals surface area contributed by atoms with Crippen molar-refractivity contribution in [2.24, 2.45) is 0 Å². The number of aryl methyl sites for hydroxylation is 2. The van der Waals surface area contributed by atoms with E-state index in [0.29, 0.717) is 13.0 Å². The summed E-state index contributed by atoms with van der Waals surface area (Å²) in [6, 6.07) is 8.35. The topological polar surface area (TPSA) is 51.0 Å². The second-order valence-electron chi connectivity index (χ2n) is 5.00. The molecular formula is C15H20N4O. The van der Waals surface area contributed by atoms with Crippen LogP contribution in [0.15, 0.2) is 36.9 Å². The molecule has 5 nitrogen and oxygen atoms in total. The van der Waals surface area contributed by atoms with Crippen molar-refractivity contribution < 1.29 is 4.79 Å². The van der Waals surface area contributed by atoms with E-state index in [2.05, 4.69) is 41.3 Å². The summed E-state index contributed by atoms with van der Waals surface area (Å²) in [6.45, 7) is 4.66. The quantitative estimate of drug-likeness (QED) is 0.838. The molecule has 0 aliphatic rings. The van der Waals surface area contributed by atoms with Crippen molar-refractivity contribution >= 4 is 5.91 Å². The highest BCUT2D eigenvalue weighted by molar-refractivity contribution is 5.76. The zero-order valence-electron chi connectivity index (χ0n) is 12.2. The number of hydrogen-bond acceptors (Lipinski definition) is 3. The molecule has 0 spiro atoms.